The number of halogens is 1. The van der Waals surface area contributed by atoms with E-state index >= 15 is 0 Å². The number of rotatable bonds is 5. The molecule has 3 aromatic carbocycles. The number of hydrogen-bond donors (Lipinski definition) is 0. The van der Waals surface area contributed by atoms with Gasteiger partial charge in [-0.05, 0) is 35.4 Å². The molecule has 0 bridgehead atoms. The molecule has 1 heterocycles. The van der Waals surface area contributed by atoms with E-state index in [0.29, 0.717) is 17.3 Å². The fraction of sp³-hybridized carbons (Fsp3) is 0.0870. The third-order valence-electron chi connectivity index (χ3n) is 4.51. The lowest BCUT2D eigenvalue weighted by molar-refractivity contribution is 0.0769. The summed E-state index contributed by atoms with van der Waals surface area (Å²) in [7, 11) is 1.72. The number of amides is 1. The molecule has 4 rings (SSSR count). The van der Waals surface area contributed by atoms with E-state index in [2.05, 4.69) is 26.1 Å². The summed E-state index contributed by atoms with van der Waals surface area (Å²) in [4.78, 5) is 18.7. The molecule has 1 amide bonds. The first-order chi connectivity index (χ1) is 14.1. The molecule has 0 radical (unpaired) electrons. The van der Waals surface area contributed by atoms with Crippen molar-refractivity contribution in [3.05, 3.63) is 94.8 Å². The van der Waals surface area contributed by atoms with E-state index in [9.17, 15) is 4.79 Å². The first-order valence-corrected chi connectivity index (χ1v) is 9.89. The number of hydrogen-bond acceptors (Lipinski definition) is 4. The second-order valence-corrected chi connectivity index (χ2v) is 7.54. The van der Waals surface area contributed by atoms with Crippen LogP contribution in [0.15, 0.2) is 87.9 Å². The largest absolute Gasteiger partial charge is 0.337 e. The summed E-state index contributed by atoms with van der Waals surface area (Å²) in [5.41, 5.74) is 3.64. The van der Waals surface area contributed by atoms with Gasteiger partial charge in [0.25, 0.3) is 5.91 Å². The maximum Gasteiger partial charge on any atom is 0.254 e. The Morgan fingerprint density at radius 1 is 0.931 bits per heavy atom. The third-order valence-corrected chi connectivity index (χ3v) is 5.00. The lowest BCUT2D eigenvalue weighted by atomic mass is 10.0. The molecule has 0 saturated carbocycles. The van der Waals surface area contributed by atoms with E-state index < -0.39 is 0 Å². The quantitative estimate of drug-likeness (QED) is 0.408. The summed E-state index contributed by atoms with van der Waals surface area (Å²) in [6.07, 6.45) is 0. The van der Waals surface area contributed by atoms with Gasteiger partial charge in [0.15, 0.2) is 0 Å². The fourth-order valence-electron chi connectivity index (χ4n) is 2.99. The number of carbonyl (C=O) groups is 1. The highest BCUT2D eigenvalue weighted by Gasteiger charge is 2.16. The van der Waals surface area contributed by atoms with Gasteiger partial charge in [0.1, 0.15) is 0 Å². The highest BCUT2D eigenvalue weighted by atomic mass is 79.9. The standard InChI is InChI=1S/C23H18BrN3O2/c1-27(15-21-25-22(26-29-21)19-8-5-9-20(24)14-19)23(28)18-12-10-17(11-13-18)16-6-3-2-4-7-16/h2-14H,15H2,1H3. The SMILES string of the molecule is CN(Cc1nc(-c2cccc(Br)c2)no1)C(=O)c1ccc(-c2ccccc2)cc1. The van der Waals surface area contributed by atoms with Crippen LogP contribution in [0, 0.1) is 0 Å². The maximum atomic E-state index is 12.7. The molecular weight excluding hydrogens is 430 g/mol. The van der Waals surface area contributed by atoms with Gasteiger partial charge in [0.2, 0.25) is 11.7 Å². The molecule has 0 fully saturated rings. The number of carbonyl (C=O) groups excluding carboxylic acids is 1. The lowest BCUT2D eigenvalue weighted by Crippen LogP contribution is -2.26. The van der Waals surface area contributed by atoms with E-state index in [1.807, 2.05) is 78.9 Å². The van der Waals surface area contributed by atoms with Gasteiger partial charge < -0.3 is 9.42 Å². The van der Waals surface area contributed by atoms with Crippen LogP contribution >= 0.6 is 15.9 Å². The van der Waals surface area contributed by atoms with E-state index in [1.54, 1.807) is 11.9 Å². The van der Waals surface area contributed by atoms with Gasteiger partial charge >= 0.3 is 0 Å². The third kappa shape index (κ3) is 4.43. The van der Waals surface area contributed by atoms with E-state index in [4.69, 9.17) is 4.52 Å². The number of nitrogens with zero attached hydrogens (tertiary/aromatic N) is 3. The van der Waals surface area contributed by atoms with Crippen molar-refractivity contribution in [2.45, 2.75) is 6.54 Å². The molecule has 0 aliphatic rings. The molecule has 0 saturated heterocycles. The van der Waals surface area contributed by atoms with Gasteiger partial charge in [0, 0.05) is 22.6 Å². The summed E-state index contributed by atoms with van der Waals surface area (Å²) < 4.78 is 6.26. The second-order valence-electron chi connectivity index (χ2n) is 6.63. The first kappa shape index (κ1) is 19.1. The Morgan fingerprint density at radius 2 is 1.62 bits per heavy atom. The van der Waals surface area contributed by atoms with Crippen LogP contribution in [0.25, 0.3) is 22.5 Å². The Labute approximate surface area is 177 Å². The highest BCUT2D eigenvalue weighted by Crippen LogP contribution is 2.22. The van der Waals surface area contributed by atoms with Crippen molar-refractivity contribution < 1.29 is 9.32 Å². The highest BCUT2D eigenvalue weighted by molar-refractivity contribution is 9.10. The van der Waals surface area contributed by atoms with Crippen molar-refractivity contribution in [3.63, 3.8) is 0 Å². The first-order valence-electron chi connectivity index (χ1n) is 9.09. The minimum Gasteiger partial charge on any atom is -0.337 e. The van der Waals surface area contributed by atoms with Crippen molar-refractivity contribution in [1.29, 1.82) is 0 Å². The lowest BCUT2D eigenvalue weighted by Gasteiger charge is -2.15. The van der Waals surface area contributed by atoms with Crippen molar-refractivity contribution in [2.24, 2.45) is 0 Å². The number of benzene rings is 3. The molecule has 0 spiro atoms. The Balaban J connectivity index is 1.45. The van der Waals surface area contributed by atoms with Crippen molar-refractivity contribution in [2.75, 3.05) is 7.05 Å². The molecule has 0 unspecified atom stereocenters. The van der Waals surface area contributed by atoms with Crippen LogP contribution in [-0.4, -0.2) is 28.0 Å². The summed E-state index contributed by atoms with van der Waals surface area (Å²) >= 11 is 3.43. The zero-order valence-corrected chi connectivity index (χ0v) is 17.3. The molecule has 0 atom stereocenters. The maximum absolute atomic E-state index is 12.7. The predicted octanol–water partition coefficient (Wildman–Crippen LogP) is 5.44. The van der Waals surface area contributed by atoms with Gasteiger partial charge in [-0.25, -0.2) is 0 Å². The molecule has 0 aliphatic heterocycles. The van der Waals surface area contributed by atoms with E-state index in [1.165, 1.54) is 0 Å². The fourth-order valence-corrected chi connectivity index (χ4v) is 3.39. The van der Waals surface area contributed by atoms with E-state index in [-0.39, 0.29) is 12.5 Å². The van der Waals surface area contributed by atoms with Crippen LogP contribution < -0.4 is 0 Å². The Bertz CT molecular complexity index is 1120. The molecule has 0 N–H and O–H groups in total. The molecule has 29 heavy (non-hydrogen) atoms. The monoisotopic (exact) mass is 447 g/mol. The Kier molecular flexibility index (Phi) is 5.53. The predicted molar refractivity (Wildman–Crippen MR) is 115 cm³/mol. The average molecular weight is 448 g/mol. The summed E-state index contributed by atoms with van der Waals surface area (Å²) in [6.45, 7) is 0.236. The van der Waals surface area contributed by atoms with Crippen molar-refractivity contribution in [1.82, 2.24) is 15.0 Å². The molecule has 144 valence electrons. The zero-order valence-electron chi connectivity index (χ0n) is 15.7. The van der Waals surface area contributed by atoms with Gasteiger partial charge in [-0.3, -0.25) is 4.79 Å². The minimum absolute atomic E-state index is 0.105. The topological polar surface area (TPSA) is 59.2 Å². The van der Waals surface area contributed by atoms with Crippen molar-refractivity contribution >= 4 is 21.8 Å². The zero-order chi connectivity index (χ0) is 20.2. The van der Waals surface area contributed by atoms with Crippen LogP contribution in [0.2, 0.25) is 0 Å². The molecule has 6 heteroatoms. The Hall–Kier alpha value is -3.25. The summed E-state index contributed by atoms with van der Waals surface area (Å²) in [5, 5.41) is 4.01. The van der Waals surface area contributed by atoms with Crippen LogP contribution in [0.3, 0.4) is 0 Å². The van der Waals surface area contributed by atoms with Gasteiger partial charge in [-0.2, -0.15) is 4.98 Å². The van der Waals surface area contributed by atoms with Crippen LogP contribution in [0.4, 0.5) is 0 Å². The van der Waals surface area contributed by atoms with Crippen molar-refractivity contribution in [3.8, 4) is 22.5 Å². The minimum atomic E-state index is -0.105. The smallest absolute Gasteiger partial charge is 0.254 e. The van der Waals surface area contributed by atoms with Crippen LogP contribution in [0.1, 0.15) is 16.2 Å². The summed E-state index contributed by atoms with van der Waals surface area (Å²) in [5.74, 6) is 0.776. The second kappa shape index (κ2) is 8.41. The van der Waals surface area contributed by atoms with E-state index in [0.717, 1.165) is 21.2 Å². The van der Waals surface area contributed by atoms with Gasteiger partial charge in [-0.15, -0.1) is 0 Å². The molecular formula is C23H18BrN3O2. The average Bonchev–Trinajstić information content (AvgIpc) is 3.22. The molecule has 4 aromatic rings. The molecule has 1 aromatic heterocycles. The Morgan fingerprint density at radius 3 is 2.34 bits per heavy atom. The van der Waals surface area contributed by atoms with Crippen LogP contribution in [0.5, 0.6) is 0 Å². The molecule has 5 nitrogen and oxygen atoms in total. The van der Waals surface area contributed by atoms with Crippen LogP contribution in [-0.2, 0) is 6.54 Å². The normalized spacial score (nSPS) is 10.7. The van der Waals surface area contributed by atoms with Gasteiger partial charge in [0.05, 0.1) is 6.54 Å². The molecule has 0 aliphatic carbocycles. The summed E-state index contributed by atoms with van der Waals surface area (Å²) in [6, 6.07) is 25.3. The van der Waals surface area contributed by atoms with Gasteiger partial charge in [-0.1, -0.05) is 75.7 Å². The number of aromatic nitrogens is 2.